The van der Waals surface area contributed by atoms with Crippen LogP contribution in [0.5, 0.6) is 0 Å². The highest BCUT2D eigenvalue weighted by Gasteiger charge is 2.29. The molecule has 0 unspecified atom stereocenters. The van der Waals surface area contributed by atoms with E-state index >= 15 is 0 Å². The van der Waals surface area contributed by atoms with Gasteiger partial charge in [0.15, 0.2) is 0 Å². The number of carbonyl (C=O) groups excluding carboxylic acids is 2. The number of fused-ring (bicyclic) bond motifs is 1. The van der Waals surface area contributed by atoms with Crippen molar-refractivity contribution in [3.05, 3.63) is 57.5 Å². The Morgan fingerprint density at radius 3 is 2.00 bits per heavy atom. The van der Waals surface area contributed by atoms with Crippen LogP contribution in [-0.2, 0) is 9.47 Å². The minimum atomic E-state index is -0.580. The smallest absolute Gasteiger partial charge is 0.340 e. The third-order valence-corrected chi connectivity index (χ3v) is 5.00. The third kappa shape index (κ3) is 4.00. The number of pyridine rings is 2. The van der Waals surface area contributed by atoms with E-state index < -0.39 is 11.9 Å². The van der Waals surface area contributed by atoms with Gasteiger partial charge in [0.05, 0.1) is 41.2 Å². The maximum absolute atomic E-state index is 12.9. The average Bonchev–Trinajstić information content (AvgIpc) is 2.67. The summed E-state index contributed by atoms with van der Waals surface area (Å²) in [5, 5.41) is 1.01. The molecule has 1 aromatic carbocycles. The van der Waals surface area contributed by atoms with Crippen LogP contribution in [0.15, 0.2) is 24.3 Å². The lowest BCUT2D eigenvalue weighted by molar-refractivity contribution is 0.0525. The number of hydrogen-bond donors (Lipinski definition) is 0. The number of rotatable bonds is 5. The summed E-state index contributed by atoms with van der Waals surface area (Å²) in [6.07, 6.45) is 0. The fourth-order valence-electron chi connectivity index (χ4n) is 3.47. The Labute approximate surface area is 180 Å². The molecular weight excluding hydrogens is 404 g/mol. The van der Waals surface area contributed by atoms with E-state index in [2.05, 4.69) is 9.97 Å². The maximum atomic E-state index is 12.9. The average molecular weight is 427 g/mol. The Morgan fingerprint density at radius 1 is 0.900 bits per heavy atom. The van der Waals surface area contributed by atoms with Gasteiger partial charge in [0.25, 0.3) is 0 Å². The van der Waals surface area contributed by atoms with Crippen LogP contribution >= 0.6 is 11.6 Å². The van der Waals surface area contributed by atoms with Gasteiger partial charge in [-0.05, 0) is 52.8 Å². The molecule has 0 aliphatic heterocycles. The molecule has 0 radical (unpaired) electrons. The molecule has 2 aromatic heterocycles. The van der Waals surface area contributed by atoms with Crippen LogP contribution in [0.2, 0.25) is 5.15 Å². The molecule has 6 nitrogen and oxygen atoms in total. The van der Waals surface area contributed by atoms with Crippen molar-refractivity contribution < 1.29 is 19.1 Å². The van der Waals surface area contributed by atoms with Gasteiger partial charge in [0, 0.05) is 16.5 Å². The molecule has 0 aliphatic carbocycles. The molecule has 0 aliphatic rings. The van der Waals surface area contributed by atoms with Gasteiger partial charge in [-0.3, -0.25) is 4.98 Å². The SMILES string of the molecule is CCOC(=O)c1c(C)nc(C)c(C(=O)OCC)c1-c1cc2cc(C)ccc2nc1Cl. The molecule has 0 amide bonds. The molecule has 30 heavy (non-hydrogen) atoms. The van der Waals surface area contributed by atoms with Crippen LogP contribution in [0.25, 0.3) is 22.0 Å². The Kier molecular flexibility index (Phi) is 6.37. The summed E-state index contributed by atoms with van der Waals surface area (Å²) in [7, 11) is 0. The van der Waals surface area contributed by atoms with Crippen molar-refractivity contribution >= 4 is 34.4 Å². The van der Waals surface area contributed by atoms with Crippen molar-refractivity contribution in [2.75, 3.05) is 13.2 Å². The zero-order valence-electron chi connectivity index (χ0n) is 17.6. The number of ether oxygens (including phenoxy) is 2. The number of nitrogens with zero attached hydrogens (tertiary/aromatic N) is 2. The highest BCUT2D eigenvalue weighted by atomic mass is 35.5. The second-order valence-electron chi connectivity index (χ2n) is 6.87. The van der Waals surface area contributed by atoms with Gasteiger partial charge in [0.1, 0.15) is 5.15 Å². The van der Waals surface area contributed by atoms with Gasteiger partial charge in [-0.1, -0.05) is 23.2 Å². The van der Waals surface area contributed by atoms with Crippen LogP contribution in [0.1, 0.15) is 51.5 Å². The van der Waals surface area contributed by atoms with Gasteiger partial charge in [-0.15, -0.1) is 0 Å². The summed E-state index contributed by atoms with van der Waals surface area (Å²) in [4.78, 5) is 34.6. The summed E-state index contributed by atoms with van der Waals surface area (Å²) in [5.74, 6) is -1.16. The first-order valence-corrected chi connectivity index (χ1v) is 10.1. The first-order valence-electron chi connectivity index (χ1n) is 9.71. The summed E-state index contributed by atoms with van der Waals surface area (Å²) >= 11 is 6.55. The molecular formula is C23H23ClN2O4. The molecule has 2 heterocycles. The summed E-state index contributed by atoms with van der Waals surface area (Å²) in [6, 6.07) is 7.62. The van der Waals surface area contributed by atoms with E-state index in [0.29, 0.717) is 28.0 Å². The van der Waals surface area contributed by atoms with Crippen LogP contribution in [0.4, 0.5) is 0 Å². The summed E-state index contributed by atoms with van der Waals surface area (Å²) < 4.78 is 10.5. The lowest BCUT2D eigenvalue weighted by Gasteiger charge is -2.18. The number of esters is 2. The Balaban J connectivity index is 2.44. The van der Waals surface area contributed by atoms with E-state index in [9.17, 15) is 9.59 Å². The predicted molar refractivity (Wildman–Crippen MR) is 116 cm³/mol. The lowest BCUT2D eigenvalue weighted by Crippen LogP contribution is -2.17. The van der Waals surface area contributed by atoms with Crippen molar-refractivity contribution in [1.29, 1.82) is 0 Å². The fourth-order valence-corrected chi connectivity index (χ4v) is 3.71. The van der Waals surface area contributed by atoms with Crippen molar-refractivity contribution in [3.63, 3.8) is 0 Å². The Hall–Kier alpha value is -2.99. The van der Waals surface area contributed by atoms with Gasteiger partial charge in [0.2, 0.25) is 0 Å². The number of halogens is 1. The molecule has 0 saturated carbocycles. The molecule has 0 bridgehead atoms. The number of carbonyl (C=O) groups is 2. The van der Waals surface area contributed by atoms with Crippen LogP contribution in [-0.4, -0.2) is 35.1 Å². The van der Waals surface area contributed by atoms with Crippen molar-refractivity contribution in [1.82, 2.24) is 9.97 Å². The summed E-state index contributed by atoms with van der Waals surface area (Å²) in [5.41, 5.74) is 3.79. The largest absolute Gasteiger partial charge is 0.462 e. The van der Waals surface area contributed by atoms with Crippen molar-refractivity contribution in [2.24, 2.45) is 0 Å². The Morgan fingerprint density at radius 2 is 1.47 bits per heavy atom. The van der Waals surface area contributed by atoms with E-state index in [1.165, 1.54) is 0 Å². The minimum Gasteiger partial charge on any atom is -0.462 e. The molecule has 0 spiro atoms. The normalized spacial score (nSPS) is 10.9. The fraction of sp³-hybridized carbons (Fsp3) is 0.304. The molecule has 0 saturated heterocycles. The predicted octanol–water partition coefficient (Wildman–Crippen LogP) is 5.23. The monoisotopic (exact) mass is 426 g/mol. The zero-order valence-corrected chi connectivity index (χ0v) is 18.4. The van der Waals surface area contributed by atoms with E-state index in [1.54, 1.807) is 27.7 Å². The highest BCUT2D eigenvalue weighted by molar-refractivity contribution is 6.33. The van der Waals surface area contributed by atoms with Crippen molar-refractivity contribution in [2.45, 2.75) is 34.6 Å². The van der Waals surface area contributed by atoms with E-state index in [-0.39, 0.29) is 29.5 Å². The second kappa shape index (κ2) is 8.79. The maximum Gasteiger partial charge on any atom is 0.340 e. The van der Waals surface area contributed by atoms with Gasteiger partial charge in [-0.25, -0.2) is 14.6 Å². The molecule has 0 fully saturated rings. The van der Waals surface area contributed by atoms with E-state index in [1.807, 2.05) is 31.2 Å². The molecule has 0 N–H and O–H groups in total. The van der Waals surface area contributed by atoms with Crippen LogP contribution in [0.3, 0.4) is 0 Å². The number of benzene rings is 1. The Bertz CT molecular complexity index is 1120. The van der Waals surface area contributed by atoms with Gasteiger partial charge < -0.3 is 9.47 Å². The summed E-state index contributed by atoms with van der Waals surface area (Å²) in [6.45, 7) is 9.17. The van der Waals surface area contributed by atoms with Gasteiger partial charge in [-0.2, -0.15) is 0 Å². The standard InChI is InChI=1S/C23H23ClN2O4/c1-6-29-22(27)18-13(4)25-14(5)19(23(28)30-7-2)20(18)16-11-15-10-12(3)8-9-17(15)26-21(16)24/h8-11H,6-7H2,1-5H3. The number of hydrogen-bond acceptors (Lipinski definition) is 6. The van der Waals surface area contributed by atoms with E-state index in [4.69, 9.17) is 21.1 Å². The van der Waals surface area contributed by atoms with Crippen molar-refractivity contribution in [3.8, 4) is 11.1 Å². The molecule has 3 aromatic rings. The first kappa shape index (κ1) is 21.7. The second-order valence-corrected chi connectivity index (χ2v) is 7.23. The third-order valence-electron chi connectivity index (χ3n) is 4.71. The lowest BCUT2D eigenvalue weighted by atomic mass is 9.92. The first-order chi connectivity index (χ1) is 14.3. The topological polar surface area (TPSA) is 78.4 Å². The van der Waals surface area contributed by atoms with Gasteiger partial charge >= 0.3 is 11.9 Å². The highest BCUT2D eigenvalue weighted by Crippen LogP contribution is 2.37. The molecule has 3 rings (SSSR count). The quantitative estimate of drug-likeness (QED) is 0.410. The molecule has 156 valence electrons. The minimum absolute atomic E-state index is 0.174. The molecule has 0 atom stereocenters. The number of aryl methyl sites for hydroxylation is 3. The van der Waals surface area contributed by atoms with E-state index in [0.717, 1.165) is 10.9 Å². The zero-order chi connectivity index (χ0) is 22.0. The van der Waals surface area contributed by atoms with Crippen LogP contribution < -0.4 is 0 Å². The van der Waals surface area contributed by atoms with Crippen LogP contribution in [0, 0.1) is 20.8 Å². The number of aromatic nitrogens is 2. The molecule has 7 heteroatoms.